The molecule has 0 bridgehead atoms. The van der Waals surface area contributed by atoms with E-state index in [4.69, 9.17) is 11.6 Å². The first kappa shape index (κ1) is 31.5. The van der Waals surface area contributed by atoms with Crippen molar-refractivity contribution in [1.29, 1.82) is 5.26 Å². The molecule has 2 amide bonds. The van der Waals surface area contributed by atoms with Crippen LogP contribution in [0.1, 0.15) is 55.8 Å². The molecule has 8 nitrogen and oxygen atoms in total. The second kappa shape index (κ2) is 13.0. The van der Waals surface area contributed by atoms with E-state index in [1.54, 1.807) is 36.6 Å². The zero-order valence-corrected chi connectivity index (χ0v) is 25.1. The highest BCUT2D eigenvalue weighted by molar-refractivity contribution is 7.98. The van der Waals surface area contributed by atoms with E-state index in [0.29, 0.717) is 4.90 Å². The van der Waals surface area contributed by atoms with Gasteiger partial charge in [-0.1, -0.05) is 29.8 Å². The zero-order chi connectivity index (χ0) is 31.6. The number of nitriles is 1. The van der Waals surface area contributed by atoms with Gasteiger partial charge in [-0.2, -0.15) is 5.26 Å². The Morgan fingerprint density at radius 1 is 1.23 bits per heavy atom. The molecule has 2 aliphatic rings. The number of amides is 2. The highest BCUT2D eigenvalue weighted by Crippen LogP contribution is 2.45. The Morgan fingerprint density at radius 2 is 1.98 bits per heavy atom. The molecule has 2 fully saturated rings. The van der Waals surface area contributed by atoms with Crippen LogP contribution in [0.5, 0.6) is 0 Å². The fourth-order valence-electron chi connectivity index (χ4n) is 5.69. The van der Waals surface area contributed by atoms with E-state index < -0.39 is 41.4 Å². The Bertz CT molecular complexity index is 1640. The number of anilines is 2. The number of halogens is 4. The second-order valence-electron chi connectivity index (χ2n) is 10.8. The minimum atomic E-state index is -2.75. The normalized spacial score (nSPS) is 18.4. The first-order valence-corrected chi connectivity index (χ1v) is 15.5. The molecule has 3 aromatic rings. The predicted octanol–water partition coefficient (Wildman–Crippen LogP) is 6.53. The van der Waals surface area contributed by atoms with Crippen molar-refractivity contribution in [3.8, 4) is 6.07 Å². The molecule has 1 aliphatic heterocycles. The van der Waals surface area contributed by atoms with Crippen LogP contribution in [0.4, 0.5) is 24.8 Å². The van der Waals surface area contributed by atoms with Crippen molar-refractivity contribution in [1.82, 2.24) is 9.97 Å². The van der Waals surface area contributed by atoms with Gasteiger partial charge in [0.25, 0.3) is 5.91 Å². The maximum absolute atomic E-state index is 15.0. The molecule has 0 spiro atoms. The van der Waals surface area contributed by atoms with Gasteiger partial charge in [0.05, 0.1) is 0 Å². The lowest BCUT2D eigenvalue weighted by molar-refractivity contribution is -0.129. The van der Waals surface area contributed by atoms with E-state index >= 15 is 0 Å². The predicted molar refractivity (Wildman–Crippen MR) is 159 cm³/mol. The second-order valence-corrected chi connectivity index (χ2v) is 12.1. The average molecular weight is 642 g/mol. The number of hydrogen-bond acceptors (Lipinski definition) is 7. The van der Waals surface area contributed by atoms with Gasteiger partial charge in [0.2, 0.25) is 17.8 Å². The minimum Gasteiger partial charge on any atom is -0.297 e. The number of ketones is 1. The quantitative estimate of drug-likeness (QED) is 0.232. The van der Waals surface area contributed by atoms with Crippen LogP contribution in [0.3, 0.4) is 0 Å². The summed E-state index contributed by atoms with van der Waals surface area (Å²) in [4.78, 5) is 52.8. The summed E-state index contributed by atoms with van der Waals surface area (Å²) >= 11 is 7.81. The third kappa shape index (κ3) is 6.59. The number of hydrogen-bond donors (Lipinski definition) is 0. The Hall–Kier alpha value is -3.95. The van der Waals surface area contributed by atoms with Crippen LogP contribution < -0.4 is 9.80 Å². The molecule has 1 aromatic heterocycles. The fourth-order valence-corrected chi connectivity index (χ4v) is 6.40. The molecule has 1 aliphatic carbocycles. The maximum Gasteiger partial charge on any atom is 0.251 e. The van der Waals surface area contributed by atoms with Crippen LogP contribution in [-0.2, 0) is 14.4 Å². The first-order chi connectivity index (χ1) is 21.0. The summed E-state index contributed by atoms with van der Waals surface area (Å²) in [6, 6.07) is 11.1. The molecule has 0 unspecified atom stereocenters. The molecule has 44 heavy (non-hydrogen) atoms. The molecular formula is C31H27ClF3N5O3S. The summed E-state index contributed by atoms with van der Waals surface area (Å²) in [7, 11) is 0. The Kier molecular flexibility index (Phi) is 9.27. The van der Waals surface area contributed by atoms with Crippen molar-refractivity contribution in [2.75, 3.05) is 16.1 Å². The molecule has 2 heterocycles. The Morgan fingerprint density at radius 3 is 2.66 bits per heavy atom. The van der Waals surface area contributed by atoms with Gasteiger partial charge in [-0.05, 0) is 55.3 Å². The van der Waals surface area contributed by atoms with Gasteiger partial charge in [-0.25, -0.2) is 23.1 Å². The number of Topliss-reactive ketones (excluding diaryl/α,β-unsaturated/α-hetero) is 1. The molecule has 2 atom stereocenters. The summed E-state index contributed by atoms with van der Waals surface area (Å²) in [6.07, 6.45) is 2.44. The number of alkyl halides is 2. The van der Waals surface area contributed by atoms with Crippen molar-refractivity contribution < 1.29 is 27.6 Å². The molecule has 1 saturated carbocycles. The van der Waals surface area contributed by atoms with Gasteiger partial charge in [-0.3, -0.25) is 24.2 Å². The van der Waals surface area contributed by atoms with Crippen molar-refractivity contribution in [2.24, 2.45) is 5.92 Å². The summed E-state index contributed by atoms with van der Waals surface area (Å²) < 4.78 is 42.0. The zero-order valence-electron chi connectivity index (χ0n) is 23.6. The van der Waals surface area contributed by atoms with Crippen LogP contribution in [0, 0.1) is 23.1 Å². The lowest BCUT2D eigenvalue weighted by atomic mass is 9.77. The summed E-state index contributed by atoms with van der Waals surface area (Å²) in [5.41, 5.74) is 0.303. The molecule has 2 aromatic carbocycles. The summed E-state index contributed by atoms with van der Waals surface area (Å²) in [5, 5.41) is 9.51. The van der Waals surface area contributed by atoms with Gasteiger partial charge < -0.3 is 0 Å². The van der Waals surface area contributed by atoms with Crippen LogP contribution >= 0.6 is 23.4 Å². The number of benzene rings is 2. The molecule has 5 rings (SSSR count). The van der Waals surface area contributed by atoms with E-state index in [2.05, 4.69) is 9.97 Å². The largest absolute Gasteiger partial charge is 0.297 e. The number of carbonyl (C=O) groups excluding carboxylic acids is 3. The highest BCUT2D eigenvalue weighted by Gasteiger charge is 2.47. The number of thioether (sulfide) groups is 1. The van der Waals surface area contributed by atoms with Crippen LogP contribution in [0.2, 0.25) is 5.02 Å². The minimum absolute atomic E-state index is 0.0156. The summed E-state index contributed by atoms with van der Waals surface area (Å²) in [5.74, 6) is -5.57. The number of carbonyl (C=O) groups is 3. The van der Waals surface area contributed by atoms with Crippen LogP contribution in [0.15, 0.2) is 59.6 Å². The van der Waals surface area contributed by atoms with Gasteiger partial charge in [0.1, 0.15) is 29.7 Å². The summed E-state index contributed by atoms with van der Waals surface area (Å²) in [6.45, 7) is 0. The van der Waals surface area contributed by atoms with Crippen molar-refractivity contribution >= 4 is 52.6 Å². The van der Waals surface area contributed by atoms with Crippen LogP contribution in [-0.4, -0.2) is 45.8 Å². The SMILES string of the molecule is CSc1cc(F)cc(N(C(=O)[C@@H]2CCC(=O)N2c2nccc(C#N)n2)[C@H](C(=O)CCC2CC(F)(F)C2)c2ccccc2Cl)c1. The van der Waals surface area contributed by atoms with Gasteiger partial charge in [0.15, 0.2) is 5.78 Å². The number of nitrogens with zero attached hydrogens (tertiary/aromatic N) is 5. The molecule has 1 saturated heterocycles. The molecule has 0 N–H and O–H groups in total. The van der Waals surface area contributed by atoms with E-state index in [1.807, 2.05) is 6.07 Å². The molecule has 0 radical (unpaired) electrons. The smallest absolute Gasteiger partial charge is 0.251 e. The Balaban J connectivity index is 1.61. The van der Waals surface area contributed by atoms with E-state index in [9.17, 15) is 32.8 Å². The standard InChI is InChI=1S/C31H27ClF3N5O3S/c1-44-22-13-19(33)12-21(14-22)39(29(43)25-7-9-27(42)40(25)30-37-11-10-20(17-36)38-30)28(23-4-2-3-5-24(23)32)26(41)8-6-18-15-31(34,35)16-18/h2-5,10-14,18,25,28H,6-9,15-16H2,1H3/t25-,28-/m0/s1. The average Bonchev–Trinajstić information content (AvgIpc) is 3.38. The topological polar surface area (TPSA) is 107 Å². The fraction of sp³-hybridized carbons (Fsp3) is 0.355. The first-order valence-electron chi connectivity index (χ1n) is 13.9. The lowest BCUT2D eigenvalue weighted by Crippen LogP contribution is -2.50. The monoisotopic (exact) mass is 641 g/mol. The van der Waals surface area contributed by atoms with Crippen molar-refractivity contribution in [2.45, 2.75) is 61.4 Å². The third-order valence-corrected chi connectivity index (χ3v) is 8.87. The molecular weight excluding hydrogens is 615 g/mol. The Labute approximate surface area is 261 Å². The van der Waals surface area contributed by atoms with E-state index in [1.165, 1.54) is 30.1 Å². The highest BCUT2D eigenvalue weighted by atomic mass is 35.5. The lowest BCUT2D eigenvalue weighted by Gasteiger charge is -2.37. The van der Waals surface area contributed by atoms with Crippen LogP contribution in [0.25, 0.3) is 0 Å². The van der Waals surface area contributed by atoms with Crippen molar-refractivity contribution in [3.05, 3.63) is 76.8 Å². The van der Waals surface area contributed by atoms with E-state index in [-0.39, 0.29) is 72.4 Å². The van der Waals surface area contributed by atoms with Gasteiger partial charge in [-0.15, -0.1) is 11.8 Å². The molecule has 228 valence electrons. The third-order valence-electron chi connectivity index (χ3n) is 7.81. The maximum atomic E-state index is 15.0. The van der Waals surface area contributed by atoms with Gasteiger partial charge in [0, 0.05) is 53.0 Å². The number of rotatable bonds is 10. The molecule has 13 heteroatoms. The number of aromatic nitrogens is 2. The van der Waals surface area contributed by atoms with Crippen molar-refractivity contribution in [3.63, 3.8) is 0 Å². The van der Waals surface area contributed by atoms with E-state index in [0.717, 1.165) is 15.9 Å². The van der Waals surface area contributed by atoms with Gasteiger partial charge >= 0.3 is 0 Å².